The largest absolute Gasteiger partial charge is 0.362 e. The van der Waals surface area contributed by atoms with Crippen molar-refractivity contribution in [3.63, 3.8) is 0 Å². The minimum absolute atomic E-state index is 0.547. The van der Waals surface area contributed by atoms with Crippen molar-refractivity contribution in [3.05, 3.63) is 17.5 Å². The fourth-order valence-electron chi connectivity index (χ4n) is 2.43. The van der Waals surface area contributed by atoms with Crippen molar-refractivity contribution in [2.24, 2.45) is 4.99 Å². The summed E-state index contributed by atoms with van der Waals surface area (Å²) in [6.45, 7) is 10.5. The number of aliphatic imine (C=N–C) groups is 1. The Balaban J connectivity index is 1.78. The summed E-state index contributed by atoms with van der Waals surface area (Å²) in [7, 11) is 0. The Hall–Kier alpha value is -0.970. The van der Waals surface area contributed by atoms with Gasteiger partial charge in [0.2, 0.25) is 0 Å². The molecule has 106 valence electrons. The van der Waals surface area contributed by atoms with Crippen LogP contribution in [0.1, 0.15) is 38.1 Å². The van der Waals surface area contributed by atoms with Gasteiger partial charge in [0, 0.05) is 30.1 Å². The average molecular weight is 280 g/mol. The maximum atomic E-state index is 4.66. The highest BCUT2D eigenvalue weighted by Gasteiger charge is 2.19. The Morgan fingerprint density at radius 2 is 2.26 bits per heavy atom. The van der Waals surface area contributed by atoms with Gasteiger partial charge in [-0.25, -0.2) is 0 Å². The summed E-state index contributed by atoms with van der Waals surface area (Å²) in [5.41, 5.74) is 2.33. The van der Waals surface area contributed by atoms with Crippen molar-refractivity contribution in [2.75, 3.05) is 6.54 Å². The van der Waals surface area contributed by atoms with Gasteiger partial charge in [0.25, 0.3) is 0 Å². The third-order valence-corrected chi connectivity index (χ3v) is 4.32. The van der Waals surface area contributed by atoms with Gasteiger partial charge in [-0.2, -0.15) is 5.10 Å². The minimum atomic E-state index is 0.547. The third kappa shape index (κ3) is 4.27. The number of hydrogen-bond acceptors (Lipinski definition) is 3. The maximum Gasteiger partial charge on any atom is 0.157 e. The van der Waals surface area contributed by atoms with Gasteiger partial charge in [0.1, 0.15) is 0 Å². The second-order valence-corrected chi connectivity index (χ2v) is 6.83. The first-order valence-corrected chi connectivity index (χ1v) is 7.91. The first-order valence-electron chi connectivity index (χ1n) is 7.03. The highest BCUT2D eigenvalue weighted by atomic mass is 32.2. The van der Waals surface area contributed by atoms with Crippen LogP contribution in [0.5, 0.6) is 0 Å². The van der Waals surface area contributed by atoms with Gasteiger partial charge in [-0.3, -0.25) is 9.67 Å². The summed E-state index contributed by atoms with van der Waals surface area (Å²) in [4.78, 5) is 4.66. The molecule has 1 fully saturated rings. The van der Waals surface area contributed by atoms with Crippen LogP contribution in [0.15, 0.2) is 11.1 Å². The van der Waals surface area contributed by atoms with Crippen molar-refractivity contribution in [2.45, 2.75) is 58.4 Å². The molecule has 1 N–H and O–H groups in total. The normalized spacial score (nSPS) is 25.6. The molecule has 0 bridgehead atoms. The molecule has 2 heterocycles. The number of aromatic nitrogens is 2. The van der Waals surface area contributed by atoms with Crippen LogP contribution in [0.3, 0.4) is 0 Å². The molecule has 5 heteroatoms. The molecule has 1 aromatic rings. The monoisotopic (exact) mass is 280 g/mol. The molecule has 2 rings (SSSR count). The summed E-state index contributed by atoms with van der Waals surface area (Å²) >= 11 is 1.86. The Labute approximate surface area is 120 Å². The fourth-order valence-corrected chi connectivity index (χ4v) is 3.63. The molecule has 0 aromatic carbocycles. The molecule has 1 aliphatic heterocycles. The molecule has 0 amide bonds. The molecular weight excluding hydrogens is 256 g/mol. The molecule has 4 nitrogen and oxygen atoms in total. The highest BCUT2D eigenvalue weighted by Crippen LogP contribution is 2.22. The van der Waals surface area contributed by atoms with E-state index in [0.29, 0.717) is 11.3 Å². The number of nitrogens with zero attached hydrogens (tertiary/aromatic N) is 3. The minimum Gasteiger partial charge on any atom is -0.362 e. The smallest absolute Gasteiger partial charge is 0.157 e. The molecule has 0 radical (unpaired) electrons. The zero-order chi connectivity index (χ0) is 13.8. The van der Waals surface area contributed by atoms with Crippen molar-refractivity contribution >= 4 is 16.9 Å². The first kappa shape index (κ1) is 14.4. The van der Waals surface area contributed by atoms with Gasteiger partial charge < -0.3 is 5.32 Å². The molecule has 0 spiro atoms. The molecule has 0 saturated carbocycles. The van der Waals surface area contributed by atoms with E-state index in [2.05, 4.69) is 46.9 Å². The summed E-state index contributed by atoms with van der Waals surface area (Å²) < 4.78 is 2.07. The van der Waals surface area contributed by atoms with E-state index in [1.807, 2.05) is 18.7 Å². The van der Waals surface area contributed by atoms with Crippen LogP contribution in [0, 0.1) is 13.8 Å². The summed E-state index contributed by atoms with van der Waals surface area (Å²) in [5.74, 6) is 0. The van der Waals surface area contributed by atoms with Gasteiger partial charge in [0.05, 0.1) is 5.69 Å². The van der Waals surface area contributed by atoms with Crippen molar-refractivity contribution in [1.29, 1.82) is 0 Å². The van der Waals surface area contributed by atoms with E-state index < -0.39 is 0 Å². The van der Waals surface area contributed by atoms with E-state index in [0.717, 1.165) is 30.4 Å². The SMILES string of the molecule is Cc1cc(C)n(CCCN=C2NC(C)CC(C)S2)n1. The highest BCUT2D eigenvalue weighted by molar-refractivity contribution is 8.14. The van der Waals surface area contributed by atoms with Crippen LogP contribution >= 0.6 is 11.8 Å². The Morgan fingerprint density at radius 1 is 1.47 bits per heavy atom. The second kappa shape index (κ2) is 6.46. The number of nitrogens with one attached hydrogen (secondary N) is 1. The van der Waals surface area contributed by atoms with Gasteiger partial charge in [-0.15, -0.1) is 0 Å². The Kier molecular flexibility index (Phi) is 4.91. The zero-order valence-electron chi connectivity index (χ0n) is 12.3. The molecule has 2 unspecified atom stereocenters. The van der Waals surface area contributed by atoms with Gasteiger partial charge in [0.15, 0.2) is 5.17 Å². The average Bonchev–Trinajstić information content (AvgIpc) is 2.62. The molecule has 1 aromatic heterocycles. The number of thioether (sulfide) groups is 1. The van der Waals surface area contributed by atoms with E-state index in [1.54, 1.807) is 0 Å². The summed E-state index contributed by atoms with van der Waals surface area (Å²) in [6.07, 6.45) is 2.26. The lowest BCUT2D eigenvalue weighted by molar-refractivity contribution is 0.565. The van der Waals surface area contributed by atoms with Crippen LogP contribution in [-0.2, 0) is 6.54 Å². The molecular formula is C14H24N4S. The Morgan fingerprint density at radius 3 is 2.89 bits per heavy atom. The van der Waals surface area contributed by atoms with E-state index in [1.165, 1.54) is 12.1 Å². The van der Waals surface area contributed by atoms with Crippen LogP contribution in [0.4, 0.5) is 0 Å². The van der Waals surface area contributed by atoms with E-state index in [4.69, 9.17) is 0 Å². The molecule has 1 aliphatic rings. The van der Waals surface area contributed by atoms with Crippen LogP contribution in [0.2, 0.25) is 0 Å². The van der Waals surface area contributed by atoms with Gasteiger partial charge in [-0.1, -0.05) is 18.7 Å². The molecule has 0 aliphatic carbocycles. The topological polar surface area (TPSA) is 42.2 Å². The second-order valence-electron chi connectivity index (χ2n) is 5.40. The van der Waals surface area contributed by atoms with Crippen molar-refractivity contribution in [3.8, 4) is 0 Å². The van der Waals surface area contributed by atoms with Gasteiger partial charge in [-0.05, 0) is 39.7 Å². The zero-order valence-corrected chi connectivity index (χ0v) is 13.1. The number of aryl methyl sites for hydroxylation is 3. The van der Waals surface area contributed by atoms with Crippen molar-refractivity contribution in [1.82, 2.24) is 15.1 Å². The lowest BCUT2D eigenvalue weighted by Crippen LogP contribution is -2.38. The van der Waals surface area contributed by atoms with E-state index >= 15 is 0 Å². The number of rotatable bonds is 4. The van der Waals surface area contributed by atoms with Crippen LogP contribution in [0.25, 0.3) is 0 Å². The molecule has 2 atom stereocenters. The standard InChI is InChI=1S/C14H24N4S/c1-10-9-13(4)19-14(16-10)15-6-5-7-18-12(3)8-11(2)17-18/h8,10,13H,5-7,9H2,1-4H3,(H,15,16). The van der Waals surface area contributed by atoms with Crippen molar-refractivity contribution < 1.29 is 0 Å². The molecule has 19 heavy (non-hydrogen) atoms. The summed E-state index contributed by atoms with van der Waals surface area (Å²) in [5, 5.41) is 9.70. The lowest BCUT2D eigenvalue weighted by atomic mass is 10.2. The number of hydrogen-bond donors (Lipinski definition) is 1. The predicted octanol–water partition coefficient (Wildman–Crippen LogP) is 2.75. The maximum absolute atomic E-state index is 4.66. The van der Waals surface area contributed by atoms with E-state index in [-0.39, 0.29) is 0 Å². The van der Waals surface area contributed by atoms with Crippen LogP contribution in [-0.4, -0.2) is 32.8 Å². The molecule has 1 saturated heterocycles. The van der Waals surface area contributed by atoms with Crippen LogP contribution < -0.4 is 5.32 Å². The summed E-state index contributed by atoms with van der Waals surface area (Å²) in [6, 6.07) is 2.67. The quantitative estimate of drug-likeness (QED) is 0.862. The third-order valence-electron chi connectivity index (χ3n) is 3.25. The Bertz CT molecular complexity index is 440. The lowest BCUT2D eigenvalue weighted by Gasteiger charge is -2.26. The fraction of sp³-hybridized carbons (Fsp3) is 0.714. The first-order chi connectivity index (χ1) is 9.04. The predicted molar refractivity (Wildman–Crippen MR) is 82.9 cm³/mol. The van der Waals surface area contributed by atoms with E-state index in [9.17, 15) is 0 Å². The number of amidine groups is 1. The van der Waals surface area contributed by atoms with Gasteiger partial charge >= 0.3 is 0 Å².